The molecule has 6 heteroatoms. The zero-order chi connectivity index (χ0) is 21.9. The minimum atomic E-state index is -0.539. The maximum absolute atomic E-state index is 13.1. The van der Waals surface area contributed by atoms with Crippen molar-refractivity contribution in [3.8, 4) is 5.75 Å². The van der Waals surface area contributed by atoms with Gasteiger partial charge in [-0.2, -0.15) is 0 Å². The number of hydrogen-bond donors (Lipinski definition) is 1. The number of ether oxygens (including phenoxy) is 1. The van der Waals surface area contributed by atoms with Crippen molar-refractivity contribution >= 4 is 27.7 Å². The summed E-state index contributed by atoms with van der Waals surface area (Å²) in [5.74, 6) is 0.290. The summed E-state index contributed by atoms with van der Waals surface area (Å²) in [5, 5.41) is 2.97. The minimum absolute atomic E-state index is 0.114. The number of carbonyl (C=O) groups excluding carboxylic acids is 2. The third kappa shape index (κ3) is 7.17. The Morgan fingerprint density at radius 2 is 1.80 bits per heavy atom. The van der Waals surface area contributed by atoms with Gasteiger partial charge in [-0.3, -0.25) is 9.59 Å². The molecule has 2 aromatic carbocycles. The van der Waals surface area contributed by atoms with E-state index in [0.29, 0.717) is 25.3 Å². The number of hydrogen-bond acceptors (Lipinski definition) is 3. The van der Waals surface area contributed by atoms with Crippen LogP contribution >= 0.6 is 15.9 Å². The number of unbranched alkanes of at least 4 members (excludes halogenated alkanes) is 1. The standard InChI is InChI=1S/C24H31BrN2O3/c1-4-6-15-26-24(29)22(5-2)27(16-19-10-8-7-9-18(19)3)23(28)17-30-21-13-11-20(25)12-14-21/h7-14,22H,4-6,15-17H2,1-3H3,(H,26,29)/t22-/m0/s1. The molecule has 0 aromatic heterocycles. The van der Waals surface area contributed by atoms with Gasteiger partial charge in [-0.25, -0.2) is 0 Å². The molecule has 0 radical (unpaired) electrons. The molecule has 5 nitrogen and oxygen atoms in total. The zero-order valence-corrected chi connectivity index (χ0v) is 19.6. The van der Waals surface area contributed by atoms with E-state index in [1.807, 2.05) is 50.2 Å². The van der Waals surface area contributed by atoms with Gasteiger partial charge >= 0.3 is 0 Å². The average Bonchev–Trinajstić information content (AvgIpc) is 2.74. The van der Waals surface area contributed by atoms with Crippen molar-refractivity contribution in [2.45, 2.75) is 52.6 Å². The maximum Gasteiger partial charge on any atom is 0.261 e. The summed E-state index contributed by atoms with van der Waals surface area (Å²) >= 11 is 3.39. The zero-order valence-electron chi connectivity index (χ0n) is 18.0. The van der Waals surface area contributed by atoms with Crippen molar-refractivity contribution in [3.05, 3.63) is 64.1 Å². The molecule has 0 unspecified atom stereocenters. The fourth-order valence-electron chi connectivity index (χ4n) is 3.16. The van der Waals surface area contributed by atoms with Crippen LogP contribution in [0, 0.1) is 6.92 Å². The number of nitrogens with zero attached hydrogens (tertiary/aromatic N) is 1. The van der Waals surface area contributed by atoms with Gasteiger partial charge in [-0.1, -0.05) is 60.5 Å². The lowest BCUT2D eigenvalue weighted by Gasteiger charge is -2.31. The normalized spacial score (nSPS) is 11.6. The van der Waals surface area contributed by atoms with Crippen molar-refractivity contribution in [3.63, 3.8) is 0 Å². The Labute approximate surface area is 187 Å². The molecule has 0 aliphatic carbocycles. The van der Waals surface area contributed by atoms with E-state index in [2.05, 4.69) is 28.2 Å². The van der Waals surface area contributed by atoms with Crippen LogP contribution in [0.4, 0.5) is 0 Å². The first kappa shape index (κ1) is 23.9. The minimum Gasteiger partial charge on any atom is -0.484 e. The lowest BCUT2D eigenvalue weighted by atomic mass is 10.1. The lowest BCUT2D eigenvalue weighted by molar-refractivity contribution is -0.143. The highest BCUT2D eigenvalue weighted by molar-refractivity contribution is 9.10. The molecular formula is C24H31BrN2O3. The van der Waals surface area contributed by atoms with Gasteiger partial charge in [0.2, 0.25) is 5.91 Å². The number of nitrogens with one attached hydrogen (secondary N) is 1. The number of amides is 2. The first-order valence-electron chi connectivity index (χ1n) is 10.5. The fraction of sp³-hybridized carbons (Fsp3) is 0.417. The van der Waals surface area contributed by atoms with E-state index >= 15 is 0 Å². The van der Waals surface area contributed by atoms with E-state index in [1.165, 1.54) is 0 Å². The molecule has 1 atom stereocenters. The third-order valence-electron chi connectivity index (χ3n) is 4.99. The average molecular weight is 475 g/mol. The Kier molecular flexibility index (Phi) is 9.87. The van der Waals surface area contributed by atoms with Gasteiger partial charge in [0.1, 0.15) is 11.8 Å². The predicted octanol–water partition coefficient (Wildman–Crippen LogP) is 4.86. The van der Waals surface area contributed by atoms with Crippen LogP contribution < -0.4 is 10.1 Å². The largest absolute Gasteiger partial charge is 0.484 e. The van der Waals surface area contributed by atoms with Crippen molar-refractivity contribution in [2.75, 3.05) is 13.2 Å². The molecule has 0 heterocycles. The Hall–Kier alpha value is -2.34. The highest BCUT2D eigenvalue weighted by atomic mass is 79.9. The number of halogens is 1. The van der Waals surface area contributed by atoms with Gasteiger partial charge in [0.05, 0.1) is 0 Å². The third-order valence-corrected chi connectivity index (χ3v) is 5.52. The smallest absolute Gasteiger partial charge is 0.261 e. The van der Waals surface area contributed by atoms with Crippen LogP contribution in [0.25, 0.3) is 0 Å². The number of carbonyl (C=O) groups is 2. The first-order chi connectivity index (χ1) is 14.5. The highest BCUT2D eigenvalue weighted by Crippen LogP contribution is 2.18. The maximum atomic E-state index is 13.1. The molecular weight excluding hydrogens is 444 g/mol. The molecule has 0 aliphatic heterocycles. The molecule has 2 rings (SSSR count). The van der Waals surface area contributed by atoms with Gasteiger partial charge in [-0.05, 0) is 55.2 Å². The van der Waals surface area contributed by atoms with E-state index in [1.54, 1.807) is 17.0 Å². The highest BCUT2D eigenvalue weighted by Gasteiger charge is 2.29. The summed E-state index contributed by atoms with van der Waals surface area (Å²) in [6.07, 6.45) is 2.46. The molecule has 0 fully saturated rings. The van der Waals surface area contributed by atoms with E-state index in [4.69, 9.17) is 4.74 Å². The molecule has 2 aromatic rings. The van der Waals surface area contributed by atoms with Crippen LogP contribution in [0.2, 0.25) is 0 Å². The van der Waals surface area contributed by atoms with Gasteiger partial charge in [0, 0.05) is 17.6 Å². The van der Waals surface area contributed by atoms with Gasteiger partial charge in [0.25, 0.3) is 5.91 Å². The molecule has 2 amide bonds. The summed E-state index contributed by atoms with van der Waals surface area (Å²) < 4.78 is 6.64. The van der Waals surface area contributed by atoms with Crippen molar-refractivity contribution in [1.29, 1.82) is 0 Å². The Bertz CT molecular complexity index is 823. The van der Waals surface area contributed by atoms with Gasteiger partial charge in [0.15, 0.2) is 6.61 Å². The Morgan fingerprint density at radius 3 is 2.43 bits per heavy atom. The predicted molar refractivity (Wildman–Crippen MR) is 123 cm³/mol. The monoisotopic (exact) mass is 474 g/mol. The fourth-order valence-corrected chi connectivity index (χ4v) is 3.42. The molecule has 162 valence electrons. The summed E-state index contributed by atoms with van der Waals surface area (Å²) in [7, 11) is 0. The summed E-state index contributed by atoms with van der Waals surface area (Å²) in [6, 6.07) is 14.7. The topological polar surface area (TPSA) is 58.6 Å². The van der Waals surface area contributed by atoms with Crippen LogP contribution in [-0.2, 0) is 16.1 Å². The number of rotatable bonds is 11. The van der Waals surface area contributed by atoms with Crippen LogP contribution in [0.5, 0.6) is 5.75 Å². The first-order valence-corrected chi connectivity index (χ1v) is 11.3. The number of benzene rings is 2. The Morgan fingerprint density at radius 1 is 1.10 bits per heavy atom. The van der Waals surface area contributed by atoms with Crippen LogP contribution in [-0.4, -0.2) is 35.9 Å². The molecule has 0 saturated carbocycles. The summed E-state index contributed by atoms with van der Waals surface area (Å²) in [6.45, 7) is 6.89. The molecule has 30 heavy (non-hydrogen) atoms. The van der Waals surface area contributed by atoms with Crippen molar-refractivity contribution < 1.29 is 14.3 Å². The molecule has 0 aliphatic rings. The van der Waals surface area contributed by atoms with E-state index < -0.39 is 6.04 Å². The van der Waals surface area contributed by atoms with E-state index in [9.17, 15) is 9.59 Å². The second-order valence-electron chi connectivity index (χ2n) is 7.26. The van der Waals surface area contributed by atoms with E-state index in [-0.39, 0.29) is 18.4 Å². The Balaban J connectivity index is 2.17. The van der Waals surface area contributed by atoms with Gasteiger partial charge < -0.3 is 15.0 Å². The summed E-state index contributed by atoms with van der Waals surface area (Å²) in [5.41, 5.74) is 2.11. The van der Waals surface area contributed by atoms with Crippen LogP contribution in [0.1, 0.15) is 44.2 Å². The number of aryl methyl sites for hydroxylation is 1. The lowest BCUT2D eigenvalue weighted by Crippen LogP contribution is -2.50. The quantitative estimate of drug-likeness (QED) is 0.473. The molecule has 0 bridgehead atoms. The van der Waals surface area contributed by atoms with Crippen molar-refractivity contribution in [1.82, 2.24) is 10.2 Å². The van der Waals surface area contributed by atoms with Crippen molar-refractivity contribution in [2.24, 2.45) is 0 Å². The van der Waals surface area contributed by atoms with E-state index in [0.717, 1.165) is 28.4 Å². The van der Waals surface area contributed by atoms with Crippen LogP contribution in [0.15, 0.2) is 53.0 Å². The second-order valence-corrected chi connectivity index (χ2v) is 8.18. The van der Waals surface area contributed by atoms with Gasteiger partial charge in [-0.15, -0.1) is 0 Å². The second kappa shape index (κ2) is 12.4. The molecule has 1 N–H and O–H groups in total. The molecule has 0 saturated heterocycles. The SMILES string of the molecule is CCCCNC(=O)[C@H](CC)N(Cc1ccccc1C)C(=O)COc1ccc(Br)cc1. The molecule has 0 spiro atoms. The summed E-state index contributed by atoms with van der Waals surface area (Å²) in [4.78, 5) is 27.6. The van der Waals surface area contributed by atoms with Crippen LogP contribution in [0.3, 0.4) is 0 Å².